The Balaban J connectivity index is 0.00000242. The second kappa shape index (κ2) is 9.01. The molecule has 1 aromatic carbocycles. The van der Waals surface area contributed by atoms with Crippen molar-refractivity contribution < 1.29 is 9.53 Å². The van der Waals surface area contributed by atoms with Crippen LogP contribution in [-0.4, -0.2) is 25.6 Å². The van der Waals surface area contributed by atoms with Crippen molar-refractivity contribution >= 4 is 18.3 Å². The van der Waals surface area contributed by atoms with E-state index in [2.05, 4.69) is 5.32 Å². The van der Waals surface area contributed by atoms with Gasteiger partial charge in [0.05, 0.1) is 13.0 Å². The molecular formula is C17H27ClN2O2. The molecule has 22 heavy (non-hydrogen) atoms. The van der Waals surface area contributed by atoms with Crippen molar-refractivity contribution in [2.75, 3.05) is 13.7 Å². The first kappa shape index (κ1) is 18.8. The Kier molecular flexibility index (Phi) is 7.69. The average molecular weight is 327 g/mol. The lowest BCUT2D eigenvalue weighted by Crippen LogP contribution is -2.46. The summed E-state index contributed by atoms with van der Waals surface area (Å²) >= 11 is 0. The van der Waals surface area contributed by atoms with E-state index >= 15 is 0 Å². The average Bonchev–Trinajstić information content (AvgIpc) is 2.54. The van der Waals surface area contributed by atoms with Crippen LogP contribution in [0.15, 0.2) is 24.3 Å². The molecule has 0 bridgehead atoms. The number of benzene rings is 1. The molecule has 5 heteroatoms. The maximum Gasteiger partial charge on any atom is 0.227 e. The van der Waals surface area contributed by atoms with Crippen molar-refractivity contribution in [1.29, 1.82) is 0 Å². The Bertz CT molecular complexity index is 481. The Morgan fingerprint density at radius 3 is 2.82 bits per heavy atom. The van der Waals surface area contributed by atoms with Gasteiger partial charge in [-0.3, -0.25) is 4.79 Å². The molecule has 1 fully saturated rings. The Morgan fingerprint density at radius 1 is 1.41 bits per heavy atom. The molecule has 0 spiro atoms. The molecule has 2 rings (SSSR count). The lowest BCUT2D eigenvalue weighted by atomic mass is 9.84. The number of hydrogen-bond acceptors (Lipinski definition) is 3. The van der Waals surface area contributed by atoms with Crippen LogP contribution in [0.2, 0.25) is 0 Å². The minimum atomic E-state index is -0.180. The van der Waals surface area contributed by atoms with Crippen LogP contribution in [0.3, 0.4) is 0 Å². The molecule has 1 aliphatic carbocycles. The van der Waals surface area contributed by atoms with Crippen molar-refractivity contribution in [2.24, 2.45) is 11.7 Å². The highest BCUT2D eigenvalue weighted by Crippen LogP contribution is 2.25. The predicted octanol–water partition coefficient (Wildman–Crippen LogP) is 2.85. The second-order valence-corrected chi connectivity index (χ2v) is 5.89. The lowest BCUT2D eigenvalue weighted by molar-refractivity contribution is -0.123. The molecule has 1 aromatic rings. The number of nitrogens with two attached hydrogens (primary N) is 1. The molecule has 3 N–H and O–H groups in total. The van der Waals surface area contributed by atoms with E-state index in [1.807, 2.05) is 31.2 Å². The molecule has 0 heterocycles. The quantitative estimate of drug-likeness (QED) is 0.874. The SMILES string of the molecule is COc1cccc(C(C)C(=O)NC2CCCCC2CN)c1.Cl. The summed E-state index contributed by atoms with van der Waals surface area (Å²) in [7, 11) is 1.64. The van der Waals surface area contributed by atoms with Gasteiger partial charge in [0.25, 0.3) is 0 Å². The molecule has 3 atom stereocenters. The number of hydrogen-bond donors (Lipinski definition) is 2. The first-order chi connectivity index (χ1) is 10.2. The van der Waals surface area contributed by atoms with Crippen molar-refractivity contribution in [3.05, 3.63) is 29.8 Å². The highest BCUT2D eigenvalue weighted by Gasteiger charge is 2.27. The fourth-order valence-corrected chi connectivity index (χ4v) is 3.05. The maximum absolute atomic E-state index is 12.5. The van der Waals surface area contributed by atoms with Gasteiger partial charge in [-0.25, -0.2) is 0 Å². The van der Waals surface area contributed by atoms with Crippen molar-refractivity contribution in [1.82, 2.24) is 5.32 Å². The summed E-state index contributed by atoms with van der Waals surface area (Å²) in [6.07, 6.45) is 4.56. The highest BCUT2D eigenvalue weighted by molar-refractivity contribution is 5.85. The summed E-state index contributed by atoms with van der Waals surface area (Å²) in [5.41, 5.74) is 6.81. The van der Waals surface area contributed by atoms with Gasteiger partial charge in [-0.2, -0.15) is 0 Å². The van der Waals surface area contributed by atoms with Gasteiger partial charge in [0, 0.05) is 6.04 Å². The zero-order chi connectivity index (χ0) is 15.2. The number of methoxy groups -OCH3 is 1. The van der Waals surface area contributed by atoms with Gasteiger partial charge in [-0.05, 0) is 49.9 Å². The van der Waals surface area contributed by atoms with Gasteiger partial charge in [0.1, 0.15) is 5.75 Å². The lowest BCUT2D eigenvalue weighted by Gasteiger charge is -2.32. The van der Waals surface area contributed by atoms with Gasteiger partial charge in [-0.15, -0.1) is 12.4 Å². The van der Waals surface area contributed by atoms with Crippen LogP contribution in [0, 0.1) is 5.92 Å². The summed E-state index contributed by atoms with van der Waals surface area (Å²) in [5.74, 6) is 1.10. The van der Waals surface area contributed by atoms with E-state index in [-0.39, 0.29) is 30.3 Å². The minimum absolute atomic E-state index is 0. The van der Waals surface area contributed by atoms with Crippen LogP contribution in [0.4, 0.5) is 0 Å². The van der Waals surface area contributed by atoms with Gasteiger partial charge < -0.3 is 15.8 Å². The number of carbonyl (C=O) groups excluding carboxylic acids is 1. The third-order valence-electron chi connectivity index (χ3n) is 4.53. The Labute approximate surface area is 139 Å². The predicted molar refractivity (Wildman–Crippen MR) is 91.6 cm³/mol. The number of amides is 1. The van der Waals surface area contributed by atoms with Crippen molar-refractivity contribution in [3.63, 3.8) is 0 Å². The summed E-state index contributed by atoms with van der Waals surface area (Å²) in [5, 5.41) is 3.20. The van der Waals surface area contributed by atoms with Gasteiger partial charge in [-0.1, -0.05) is 25.0 Å². The van der Waals surface area contributed by atoms with Gasteiger partial charge in [0.2, 0.25) is 5.91 Å². The molecule has 1 saturated carbocycles. The fraction of sp³-hybridized carbons (Fsp3) is 0.588. The summed E-state index contributed by atoms with van der Waals surface area (Å²) < 4.78 is 5.22. The fourth-order valence-electron chi connectivity index (χ4n) is 3.05. The third-order valence-corrected chi connectivity index (χ3v) is 4.53. The van der Waals surface area contributed by atoms with E-state index in [1.54, 1.807) is 7.11 Å². The molecule has 3 unspecified atom stereocenters. The molecule has 124 valence electrons. The normalized spacial score (nSPS) is 22.3. The van der Waals surface area contributed by atoms with E-state index in [0.29, 0.717) is 12.5 Å². The monoisotopic (exact) mass is 326 g/mol. The van der Waals surface area contributed by atoms with E-state index < -0.39 is 0 Å². The number of halogens is 1. The van der Waals surface area contributed by atoms with E-state index in [4.69, 9.17) is 10.5 Å². The van der Waals surface area contributed by atoms with Crippen LogP contribution in [-0.2, 0) is 4.79 Å². The molecule has 1 amide bonds. The van der Waals surface area contributed by atoms with Crippen molar-refractivity contribution in [2.45, 2.75) is 44.6 Å². The third kappa shape index (κ3) is 4.62. The zero-order valence-electron chi connectivity index (χ0n) is 13.4. The van der Waals surface area contributed by atoms with Crippen LogP contribution in [0.5, 0.6) is 5.75 Å². The number of ether oxygens (including phenoxy) is 1. The Morgan fingerprint density at radius 2 is 2.14 bits per heavy atom. The van der Waals surface area contributed by atoms with Gasteiger partial charge in [0.15, 0.2) is 0 Å². The van der Waals surface area contributed by atoms with Crippen LogP contribution >= 0.6 is 12.4 Å². The number of rotatable bonds is 5. The molecule has 1 aliphatic rings. The van der Waals surface area contributed by atoms with Crippen molar-refractivity contribution in [3.8, 4) is 5.75 Å². The smallest absolute Gasteiger partial charge is 0.227 e. The van der Waals surface area contributed by atoms with E-state index in [9.17, 15) is 4.79 Å². The largest absolute Gasteiger partial charge is 0.497 e. The molecule has 4 nitrogen and oxygen atoms in total. The standard InChI is InChI=1S/C17H26N2O2.ClH/c1-12(13-7-5-8-15(10-13)21-2)17(20)19-16-9-4-3-6-14(16)11-18;/h5,7-8,10,12,14,16H,3-4,6,9,11,18H2,1-2H3,(H,19,20);1H. The highest BCUT2D eigenvalue weighted by atomic mass is 35.5. The zero-order valence-corrected chi connectivity index (χ0v) is 14.2. The molecule has 0 saturated heterocycles. The van der Waals surface area contributed by atoms with Crippen LogP contribution in [0.1, 0.15) is 44.1 Å². The maximum atomic E-state index is 12.5. The summed E-state index contributed by atoms with van der Waals surface area (Å²) in [4.78, 5) is 12.5. The topological polar surface area (TPSA) is 64.3 Å². The molecular weight excluding hydrogens is 300 g/mol. The second-order valence-electron chi connectivity index (χ2n) is 5.89. The van der Waals surface area contributed by atoms with Crippen LogP contribution in [0.25, 0.3) is 0 Å². The molecule has 0 aliphatic heterocycles. The minimum Gasteiger partial charge on any atom is -0.497 e. The number of carbonyl (C=O) groups is 1. The number of nitrogens with one attached hydrogen (secondary N) is 1. The van der Waals surface area contributed by atoms with E-state index in [1.165, 1.54) is 12.8 Å². The molecule has 0 radical (unpaired) electrons. The first-order valence-corrected chi connectivity index (χ1v) is 7.80. The summed E-state index contributed by atoms with van der Waals surface area (Å²) in [6, 6.07) is 7.92. The Hall–Kier alpha value is -1.26. The van der Waals surface area contributed by atoms with E-state index in [0.717, 1.165) is 24.2 Å². The van der Waals surface area contributed by atoms with Gasteiger partial charge >= 0.3 is 0 Å². The summed E-state index contributed by atoms with van der Waals surface area (Å²) in [6.45, 7) is 2.59. The van der Waals surface area contributed by atoms with Crippen LogP contribution < -0.4 is 15.8 Å². The first-order valence-electron chi connectivity index (χ1n) is 7.80. The molecule has 0 aromatic heterocycles.